The minimum atomic E-state index is -0.331. The number of nitrogens with zero attached hydrogens (tertiary/aromatic N) is 2. The van der Waals surface area contributed by atoms with E-state index in [0.29, 0.717) is 19.5 Å². The van der Waals surface area contributed by atoms with E-state index >= 15 is 0 Å². The molecule has 1 atom stereocenters. The van der Waals surface area contributed by atoms with Gasteiger partial charge in [0, 0.05) is 25.9 Å². The van der Waals surface area contributed by atoms with Crippen LogP contribution in [0.1, 0.15) is 12.2 Å². The average molecular weight is 238 g/mol. The Hall–Kier alpha value is -1.85. The molecular formula is C11H14N2O4. The summed E-state index contributed by atoms with van der Waals surface area (Å²) in [6.07, 6.45) is 3.83. The summed E-state index contributed by atoms with van der Waals surface area (Å²) in [7, 11) is 1.34. The van der Waals surface area contributed by atoms with Crippen LogP contribution in [0.15, 0.2) is 17.0 Å². The number of rotatable bonds is 4. The van der Waals surface area contributed by atoms with Crippen LogP contribution in [0.5, 0.6) is 0 Å². The Balaban J connectivity index is 1.86. The van der Waals surface area contributed by atoms with E-state index in [9.17, 15) is 9.59 Å². The molecule has 6 nitrogen and oxygen atoms in total. The van der Waals surface area contributed by atoms with Crippen molar-refractivity contribution in [1.29, 1.82) is 0 Å². The molecular weight excluding hydrogens is 224 g/mol. The fraction of sp³-hybridized carbons (Fsp3) is 0.545. The molecule has 0 N–H and O–H groups in total. The molecule has 6 heteroatoms. The zero-order valence-electron chi connectivity index (χ0n) is 9.59. The summed E-state index contributed by atoms with van der Waals surface area (Å²) < 4.78 is 9.72. The van der Waals surface area contributed by atoms with Crippen LogP contribution in [-0.4, -0.2) is 42.0 Å². The van der Waals surface area contributed by atoms with Crippen LogP contribution in [0.4, 0.5) is 0 Å². The van der Waals surface area contributed by atoms with E-state index in [0.717, 1.165) is 5.76 Å². The van der Waals surface area contributed by atoms with Crippen LogP contribution in [0, 0.1) is 5.92 Å². The SMILES string of the molecule is COC(=O)C1CC(=O)N(CCc2cnco2)C1. The second-order valence-electron chi connectivity index (χ2n) is 3.98. The van der Waals surface area contributed by atoms with Crippen LogP contribution in [0.25, 0.3) is 0 Å². The molecule has 0 radical (unpaired) electrons. The summed E-state index contributed by atoms with van der Waals surface area (Å²) in [5.74, 6) is 0.0713. The number of likely N-dealkylation sites (tertiary alicyclic amines) is 1. The smallest absolute Gasteiger partial charge is 0.310 e. The van der Waals surface area contributed by atoms with Crippen molar-refractivity contribution in [3.05, 3.63) is 18.4 Å². The lowest BCUT2D eigenvalue weighted by Crippen LogP contribution is -2.28. The number of oxazole rings is 1. The summed E-state index contributed by atoms with van der Waals surface area (Å²) in [5.41, 5.74) is 0. The number of ether oxygens (including phenoxy) is 1. The van der Waals surface area contributed by atoms with Gasteiger partial charge in [0.05, 0.1) is 19.2 Å². The first-order valence-corrected chi connectivity index (χ1v) is 5.43. The largest absolute Gasteiger partial charge is 0.469 e. The highest BCUT2D eigenvalue weighted by Gasteiger charge is 2.34. The number of methoxy groups -OCH3 is 1. The maximum atomic E-state index is 11.6. The summed E-state index contributed by atoms with van der Waals surface area (Å²) >= 11 is 0. The van der Waals surface area contributed by atoms with Gasteiger partial charge in [0.2, 0.25) is 5.91 Å². The first-order chi connectivity index (χ1) is 8.20. The number of carbonyl (C=O) groups excluding carboxylic acids is 2. The van der Waals surface area contributed by atoms with Crippen LogP contribution in [-0.2, 0) is 20.7 Å². The minimum absolute atomic E-state index is 0.0140. The van der Waals surface area contributed by atoms with Crippen LogP contribution >= 0.6 is 0 Å². The van der Waals surface area contributed by atoms with Gasteiger partial charge in [0.25, 0.3) is 0 Å². The van der Waals surface area contributed by atoms with Crippen molar-refractivity contribution in [2.45, 2.75) is 12.8 Å². The third kappa shape index (κ3) is 2.64. The van der Waals surface area contributed by atoms with Gasteiger partial charge < -0.3 is 14.1 Å². The predicted molar refractivity (Wildman–Crippen MR) is 56.9 cm³/mol. The van der Waals surface area contributed by atoms with Crippen LogP contribution < -0.4 is 0 Å². The number of amides is 1. The van der Waals surface area contributed by atoms with Gasteiger partial charge in [-0.25, -0.2) is 4.98 Å². The van der Waals surface area contributed by atoms with Crippen LogP contribution in [0.3, 0.4) is 0 Å². The monoisotopic (exact) mass is 238 g/mol. The molecule has 1 fully saturated rings. The number of hydrogen-bond donors (Lipinski definition) is 0. The average Bonchev–Trinajstić information content (AvgIpc) is 2.95. The Morgan fingerprint density at radius 1 is 1.71 bits per heavy atom. The lowest BCUT2D eigenvalue weighted by molar-refractivity contribution is -0.145. The number of esters is 1. The van der Waals surface area contributed by atoms with Gasteiger partial charge in [-0.15, -0.1) is 0 Å². The number of aromatic nitrogens is 1. The molecule has 1 amide bonds. The van der Waals surface area contributed by atoms with Gasteiger partial charge in [-0.2, -0.15) is 0 Å². The Morgan fingerprint density at radius 2 is 2.53 bits per heavy atom. The Bertz CT molecular complexity index is 402. The maximum absolute atomic E-state index is 11.6. The molecule has 17 heavy (non-hydrogen) atoms. The molecule has 1 aliphatic rings. The highest BCUT2D eigenvalue weighted by Crippen LogP contribution is 2.19. The molecule has 2 rings (SSSR count). The van der Waals surface area contributed by atoms with Gasteiger partial charge in [0.1, 0.15) is 5.76 Å². The first kappa shape index (κ1) is 11.6. The van der Waals surface area contributed by atoms with E-state index in [1.54, 1.807) is 11.1 Å². The normalized spacial score (nSPS) is 19.7. The van der Waals surface area contributed by atoms with E-state index < -0.39 is 0 Å². The molecule has 1 aliphatic heterocycles. The number of hydrogen-bond acceptors (Lipinski definition) is 5. The molecule has 2 heterocycles. The molecule has 0 aliphatic carbocycles. The molecule has 0 bridgehead atoms. The van der Waals surface area contributed by atoms with E-state index in [1.807, 2.05) is 0 Å². The summed E-state index contributed by atoms with van der Waals surface area (Å²) in [5, 5.41) is 0. The molecule has 0 aromatic carbocycles. The van der Waals surface area contributed by atoms with Gasteiger partial charge in [-0.3, -0.25) is 9.59 Å². The third-order valence-corrected chi connectivity index (χ3v) is 2.86. The van der Waals surface area contributed by atoms with Crippen molar-refractivity contribution in [3.63, 3.8) is 0 Å². The van der Waals surface area contributed by atoms with Crippen molar-refractivity contribution in [2.24, 2.45) is 5.92 Å². The third-order valence-electron chi connectivity index (χ3n) is 2.86. The quantitative estimate of drug-likeness (QED) is 0.702. The van der Waals surface area contributed by atoms with Crippen molar-refractivity contribution in [3.8, 4) is 0 Å². The van der Waals surface area contributed by atoms with E-state index in [1.165, 1.54) is 13.5 Å². The Labute approximate surface area is 98.6 Å². The molecule has 0 spiro atoms. The maximum Gasteiger partial charge on any atom is 0.310 e. The zero-order valence-corrected chi connectivity index (χ0v) is 9.59. The summed E-state index contributed by atoms with van der Waals surface area (Å²) in [6, 6.07) is 0. The summed E-state index contributed by atoms with van der Waals surface area (Å²) in [4.78, 5) is 28.4. The summed E-state index contributed by atoms with van der Waals surface area (Å²) in [6.45, 7) is 0.973. The lowest BCUT2D eigenvalue weighted by Gasteiger charge is -2.14. The second kappa shape index (κ2) is 4.99. The first-order valence-electron chi connectivity index (χ1n) is 5.43. The zero-order chi connectivity index (χ0) is 12.3. The van der Waals surface area contributed by atoms with Gasteiger partial charge in [-0.05, 0) is 0 Å². The lowest BCUT2D eigenvalue weighted by atomic mass is 10.1. The molecule has 1 saturated heterocycles. The fourth-order valence-corrected chi connectivity index (χ4v) is 1.92. The molecule has 0 saturated carbocycles. The Kier molecular flexibility index (Phi) is 3.41. The van der Waals surface area contributed by atoms with E-state index in [2.05, 4.69) is 9.72 Å². The van der Waals surface area contributed by atoms with Crippen molar-refractivity contribution < 1.29 is 18.7 Å². The molecule has 1 aromatic rings. The Morgan fingerprint density at radius 3 is 3.18 bits per heavy atom. The second-order valence-corrected chi connectivity index (χ2v) is 3.98. The topological polar surface area (TPSA) is 72.6 Å². The van der Waals surface area contributed by atoms with Crippen molar-refractivity contribution in [2.75, 3.05) is 20.2 Å². The fourth-order valence-electron chi connectivity index (χ4n) is 1.92. The van der Waals surface area contributed by atoms with E-state index in [-0.39, 0.29) is 24.2 Å². The van der Waals surface area contributed by atoms with Gasteiger partial charge in [0.15, 0.2) is 6.39 Å². The van der Waals surface area contributed by atoms with Crippen molar-refractivity contribution >= 4 is 11.9 Å². The predicted octanol–water partition coefficient (Wildman–Crippen LogP) is 0.239. The number of carbonyl (C=O) groups is 2. The standard InChI is InChI=1S/C11H14N2O4/c1-16-11(15)8-4-10(14)13(6-8)3-2-9-5-12-7-17-9/h5,7-8H,2-4,6H2,1H3. The minimum Gasteiger partial charge on any atom is -0.469 e. The van der Waals surface area contributed by atoms with Gasteiger partial charge in [-0.1, -0.05) is 0 Å². The molecule has 1 aromatic heterocycles. The van der Waals surface area contributed by atoms with Gasteiger partial charge >= 0.3 is 5.97 Å². The van der Waals surface area contributed by atoms with Crippen molar-refractivity contribution in [1.82, 2.24) is 9.88 Å². The van der Waals surface area contributed by atoms with E-state index in [4.69, 9.17) is 4.42 Å². The molecule has 1 unspecified atom stereocenters. The molecule has 92 valence electrons. The van der Waals surface area contributed by atoms with Crippen LogP contribution in [0.2, 0.25) is 0 Å². The highest BCUT2D eigenvalue weighted by molar-refractivity contribution is 5.86. The highest BCUT2D eigenvalue weighted by atomic mass is 16.5.